The van der Waals surface area contributed by atoms with Crippen molar-refractivity contribution in [1.82, 2.24) is 0 Å². The van der Waals surface area contributed by atoms with Crippen LogP contribution in [0.25, 0.3) is 0 Å². The van der Waals surface area contributed by atoms with Crippen LogP contribution in [-0.4, -0.2) is 37.4 Å². The molecule has 3 rings (SSSR count). The maximum absolute atomic E-state index is 11.6. The summed E-state index contributed by atoms with van der Waals surface area (Å²) in [6.07, 6.45) is 0. The minimum atomic E-state index is -0.928. The van der Waals surface area contributed by atoms with Crippen LogP contribution < -0.4 is 10.2 Å². The Bertz CT molecular complexity index is 730. The first-order valence-electron chi connectivity index (χ1n) is 7.82. The van der Waals surface area contributed by atoms with Gasteiger partial charge in [-0.25, -0.2) is 4.79 Å². The highest BCUT2D eigenvalue weighted by Crippen LogP contribution is 2.26. The van der Waals surface area contributed by atoms with Gasteiger partial charge in [-0.1, -0.05) is 23.7 Å². The molecular formula is C18H19ClN2O3. The van der Waals surface area contributed by atoms with Crippen molar-refractivity contribution < 1.29 is 14.6 Å². The van der Waals surface area contributed by atoms with Crippen molar-refractivity contribution in [2.75, 3.05) is 36.5 Å². The second-order valence-corrected chi connectivity index (χ2v) is 6.06. The van der Waals surface area contributed by atoms with E-state index in [1.807, 2.05) is 41.3 Å². The lowest BCUT2D eigenvalue weighted by atomic mass is 10.1. The molecule has 0 atom stereocenters. The summed E-state index contributed by atoms with van der Waals surface area (Å²) in [5.74, 6) is -0.928. The number of anilines is 2. The quantitative estimate of drug-likeness (QED) is 0.867. The molecule has 1 aliphatic heterocycles. The molecular weight excluding hydrogens is 328 g/mol. The minimum absolute atomic E-state index is 0.299. The second-order valence-electron chi connectivity index (χ2n) is 5.62. The second kappa shape index (κ2) is 7.55. The molecule has 1 heterocycles. The van der Waals surface area contributed by atoms with E-state index in [1.54, 1.807) is 6.07 Å². The van der Waals surface area contributed by atoms with Gasteiger partial charge in [-0.05, 0) is 35.9 Å². The molecule has 5 nitrogen and oxygen atoms in total. The standard InChI is InChI=1S/C18H19ClN2O3/c19-14-3-1-2-13(10-14)12-20-15-4-5-17(16(11-15)18(22)23)21-6-8-24-9-7-21/h1-5,10-11,20H,6-9,12H2,(H,22,23). The highest BCUT2D eigenvalue weighted by atomic mass is 35.5. The van der Waals surface area contributed by atoms with Gasteiger partial charge in [0.05, 0.1) is 24.5 Å². The molecule has 0 amide bonds. The normalized spacial score (nSPS) is 14.5. The molecule has 0 unspecified atom stereocenters. The zero-order valence-electron chi connectivity index (χ0n) is 13.2. The number of nitrogens with one attached hydrogen (secondary N) is 1. The number of hydrogen-bond donors (Lipinski definition) is 2. The SMILES string of the molecule is O=C(O)c1cc(NCc2cccc(Cl)c2)ccc1N1CCOCC1. The van der Waals surface area contributed by atoms with Crippen molar-refractivity contribution in [2.45, 2.75) is 6.54 Å². The summed E-state index contributed by atoms with van der Waals surface area (Å²) in [4.78, 5) is 13.7. The van der Waals surface area contributed by atoms with E-state index < -0.39 is 5.97 Å². The predicted octanol–water partition coefficient (Wildman–Crippen LogP) is 3.49. The van der Waals surface area contributed by atoms with Crippen LogP contribution >= 0.6 is 11.6 Å². The van der Waals surface area contributed by atoms with Gasteiger partial charge in [0.25, 0.3) is 0 Å². The predicted molar refractivity (Wildman–Crippen MR) is 95.2 cm³/mol. The zero-order chi connectivity index (χ0) is 16.9. The number of carboxylic acids is 1. The van der Waals surface area contributed by atoms with E-state index in [-0.39, 0.29) is 0 Å². The van der Waals surface area contributed by atoms with Crippen molar-refractivity contribution in [1.29, 1.82) is 0 Å². The van der Waals surface area contributed by atoms with Gasteiger partial charge >= 0.3 is 5.97 Å². The highest BCUT2D eigenvalue weighted by Gasteiger charge is 2.18. The van der Waals surface area contributed by atoms with Crippen LogP contribution in [0.5, 0.6) is 0 Å². The molecule has 1 saturated heterocycles. The van der Waals surface area contributed by atoms with Gasteiger partial charge in [-0.3, -0.25) is 0 Å². The Labute approximate surface area is 145 Å². The van der Waals surface area contributed by atoms with E-state index in [9.17, 15) is 9.90 Å². The van der Waals surface area contributed by atoms with Crippen LogP contribution in [0.2, 0.25) is 5.02 Å². The molecule has 1 aliphatic rings. The first kappa shape index (κ1) is 16.6. The average Bonchev–Trinajstić information content (AvgIpc) is 2.60. The maximum atomic E-state index is 11.6. The lowest BCUT2D eigenvalue weighted by molar-refractivity contribution is 0.0696. The average molecular weight is 347 g/mol. The number of hydrogen-bond acceptors (Lipinski definition) is 4. The number of carbonyl (C=O) groups is 1. The third-order valence-corrected chi connectivity index (χ3v) is 4.20. The molecule has 126 valence electrons. The molecule has 0 spiro atoms. The van der Waals surface area contributed by atoms with E-state index in [1.165, 1.54) is 0 Å². The van der Waals surface area contributed by atoms with Crippen molar-refractivity contribution >= 4 is 28.9 Å². The summed E-state index contributed by atoms with van der Waals surface area (Å²) < 4.78 is 5.33. The Morgan fingerprint density at radius 1 is 1.21 bits per heavy atom. The van der Waals surface area contributed by atoms with Gasteiger partial charge in [-0.2, -0.15) is 0 Å². The van der Waals surface area contributed by atoms with Crippen LogP contribution in [0.15, 0.2) is 42.5 Å². The maximum Gasteiger partial charge on any atom is 0.337 e. The van der Waals surface area contributed by atoms with Gasteiger partial charge in [-0.15, -0.1) is 0 Å². The van der Waals surface area contributed by atoms with Gasteiger partial charge in [0.2, 0.25) is 0 Å². The molecule has 0 aromatic heterocycles. The number of rotatable bonds is 5. The third-order valence-electron chi connectivity index (χ3n) is 3.96. The molecule has 6 heteroatoms. The van der Waals surface area contributed by atoms with E-state index in [0.717, 1.165) is 16.9 Å². The van der Waals surface area contributed by atoms with Gasteiger partial charge < -0.3 is 20.1 Å². The monoisotopic (exact) mass is 346 g/mol. The zero-order valence-corrected chi connectivity index (χ0v) is 13.9. The largest absolute Gasteiger partial charge is 0.478 e. The number of ether oxygens (including phenoxy) is 1. The number of nitrogens with zero attached hydrogens (tertiary/aromatic N) is 1. The molecule has 2 aromatic rings. The Balaban J connectivity index is 1.77. The van der Waals surface area contributed by atoms with Crippen LogP contribution in [0.3, 0.4) is 0 Å². The van der Waals surface area contributed by atoms with Crippen LogP contribution in [0, 0.1) is 0 Å². The summed E-state index contributed by atoms with van der Waals surface area (Å²) in [6.45, 7) is 3.23. The van der Waals surface area contributed by atoms with Crippen LogP contribution in [-0.2, 0) is 11.3 Å². The summed E-state index contributed by atoms with van der Waals surface area (Å²) in [5, 5.41) is 13.5. The molecule has 2 N–H and O–H groups in total. The molecule has 0 saturated carbocycles. The van der Waals surface area contributed by atoms with Crippen LogP contribution in [0.4, 0.5) is 11.4 Å². The number of aromatic carboxylic acids is 1. The summed E-state index contributed by atoms with van der Waals surface area (Å²) in [6, 6.07) is 13.0. The Hall–Kier alpha value is -2.24. The summed E-state index contributed by atoms with van der Waals surface area (Å²) in [7, 11) is 0. The van der Waals surface area contributed by atoms with Crippen molar-refractivity contribution in [3.05, 3.63) is 58.6 Å². The van der Waals surface area contributed by atoms with Gasteiger partial charge in [0.15, 0.2) is 0 Å². The van der Waals surface area contributed by atoms with Gasteiger partial charge in [0.1, 0.15) is 0 Å². The Morgan fingerprint density at radius 2 is 2.00 bits per heavy atom. The first-order valence-corrected chi connectivity index (χ1v) is 8.19. The lowest BCUT2D eigenvalue weighted by Gasteiger charge is -2.30. The van der Waals surface area contributed by atoms with Crippen molar-refractivity contribution in [3.63, 3.8) is 0 Å². The Kier molecular flexibility index (Phi) is 5.23. The van der Waals surface area contributed by atoms with E-state index in [0.29, 0.717) is 43.4 Å². The minimum Gasteiger partial charge on any atom is -0.478 e. The number of benzene rings is 2. The van der Waals surface area contributed by atoms with Crippen molar-refractivity contribution in [3.8, 4) is 0 Å². The van der Waals surface area contributed by atoms with Crippen molar-refractivity contribution in [2.24, 2.45) is 0 Å². The van der Waals surface area contributed by atoms with Gasteiger partial charge in [0, 0.05) is 30.3 Å². The summed E-state index contributed by atoms with van der Waals surface area (Å²) in [5.41, 5.74) is 2.84. The van der Waals surface area contributed by atoms with E-state index in [2.05, 4.69) is 5.32 Å². The fraction of sp³-hybridized carbons (Fsp3) is 0.278. The highest BCUT2D eigenvalue weighted by molar-refractivity contribution is 6.30. The molecule has 2 aromatic carbocycles. The van der Waals surface area contributed by atoms with E-state index >= 15 is 0 Å². The first-order chi connectivity index (χ1) is 11.6. The molecule has 0 aliphatic carbocycles. The number of halogens is 1. The summed E-state index contributed by atoms with van der Waals surface area (Å²) >= 11 is 5.98. The third kappa shape index (κ3) is 3.99. The fourth-order valence-corrected chi connectivity index (χ4v) is 2.96. The molecule has 0 radical (unpaired) electrons. The fourth-order valence-electron chi connectivity index (χ4n) is 2.75. The molecule has 1 fully saturated rings. The molecule has 0 bridgehead atoms. The number of morpholine rings is 1. The molecule has 24 heavy (non-hydrogen) atoms. The Morgan fingerprint density at radius 3 is 2.71 bits per heavy atom. The van der Waals surface area contributed by atoms with Crippen LogP contribution in [0.1, 0.15) is 15.9 Å². The van der Waals surface area contributed by atoms with E-state index in [4.69, 9.17) is 16.3 Å². The lowest BCUT2D eigenvalue weighted by Crippen LogP contribution is -2.37. The topological polar surface area (TPSA) is 61.8 Å². The smallest absolute Gasteiger partial charge is 0.337 e. The number of carboxylic acid groups (broad SMARTS) is 1.